The van der Waals surface area contributed by atoms with Crippen molar-refractivity contribution in [2.24, 2.45) is 0 Å². The number of benzene rings is 6. The molecule has 2 heteroatoms. The number of rotatable bonds is 9. The van der Waals surface area contributed by atoms with Gasteiger partial charge in [-0.05, 0) is 102 Å². The lowest BCUT2D eigenvalue weighted by molar-refractivity contribution is 0.696. The van der Waals surface area contributed by atoms with Crippen molar-refractivity contribution in [2.75, 3.05) is 7.05 Å². The van der Waals surface area contributed by atoms with E-state index in [4.69, 9.17) is 6.57 Å². The van der Waals surface area contributed by atoms with Gasteiger partial charge in [0, 0.05) is 4.47 Å². The topological polar surface area (TPSA) is 4.36 Å². The molecular formula is C48H52BrN. The summed E-state index contributed by atoms with van der Waals surface area (Å²) in [6.45, 7) is 18.5. The van der Waals surface area contributed by atoms with Gasteiger partial charge >= 0.3 is 0 Å². The van der Waals surface area contributed by atoms with Gasteiger partial charge in [0.2, 0.25) is 7.05 Å². The molecule has 0 radical (unpaired) electrons. The Morgan fingerprint density at radius 2 is 1.10 bits per heavy atom. The van der Waals surface area contributed by atoms with Crippen LogP contribution in [0.2, 0.25) is 0 Å². The van der Waals surface area contributed by atoms with Gasteiger partial charge in [0.15, 0.2) is 0 Å². The van der Waals surface area contributed by atoms with Crippen LogP contribution in [-0.2, 0) is 0 Å². The van der Waals surface area contributed by atoms with E-state index in [1.807, 2.05) is 18.2 Å². The molecule has 0 spiro atoms. The van der Waals surface area contributed by atoms with Crippen molar-refractivity contribution < 1.29 is 0 Å². The highest BCUT2D eigenvalue weighted by atomic mass is 79.9. The van der Waals surface area contributed by atoms with Crippen LogP contribution in [0.5, 0.6) is 0 Å². The zero-order chi connectivity index (χ0) is 36.1. The molecule has 0 saturated heterocycles. The average Bonchev–Trinajstić information content (AvgIpc) is 3.12. The number of hydrogen-bond donors (Lipinski definition) is 0. The minimum absolute atomic E-state index is 0.572. The van der Waals surface area contributed by atoms with E-state index < -0.39 is 0 Å². The molecule has 0 aliphatic heterocycles. The van der Waals surface area contributed by atoms with E-state index >= 15 is 0 Å². The molecule has 6 rings (SSSR count). The first-order valence-corrected chi connectivity index (χ1v) is 18.3. The normalized spacial score (nSPS) is 11.5. The highest BCUT2D eigenvalue weighted by Gasteiger charge is 2.09. The summed E-state index contributed by atoms with van der Waals surface area (Å²) < 4.78 is 1.15. The summed E-state index contributed by atoms with van der Waals surface area (Å²) in [7, 11) is 1.42. The van der Waals surface area contributed by atoms with Crippen LogP contribution >= 0.6 is 15.9 Å². The molecule has 0 saturated carbocycles. The van der Waals surface area contributed by atoms with Crippen LogP contribution < -0.4 is 0 Å². The van der Waals surface area contributed by atoms with Crippen molar-refractivity contribution in [3.63, 3.8) is 0 Å². The summed E-state index contributed by atoms with van der Waals surface area (Å²) in [5, 5.41) is 5.46. The maximum absolute atomic E-state index is 5.83. The first-order valence-electron chi connectivity index (χ1n) is 17.5. The first-order chi connectivity index (χ1) is 24.3. The van der Waals surface area contributed by atoms with Gasteiger partial charge in [0.1, 0.15) is 0 Å². The third-order valence-corrected chi connectivity index (χ3v) is 9.10. The van der Waals surface area contributed by atoms with Crippen LogP contribution in [0.4, 0.5) is 0 Å². The van der Waals surface area contributed by atoms with Gasteiger partial charge in [-0.2, -0.15) is 0 Å². The van der Waals surface area contributed by atoms with Crippen LogP contribution in [-0.4, -0.2) is 7.05 Å². The van der Waals surface area contributed by atoms with Gasteiger partial charge in [-0.1, -0.05) is 180 Å². The second-order valence-electron chi connectivity index (χ2n) is 12.7. The molecule has 0 unspecified atom stereocenters. The minimum atomic E-state index is 0.572. The number of halogens is 1. The third-order valence-electron chi connectivity index (χ3n) is 8.61. The summed E-state index contributed by atoms with van der Waals surface area (Å²) in [6, 6.07) is 47.4. The molecule has 0 aliphatic carbocycles. The summed E-state index contributed by atoms with van der Waals surface area (Å²) in [6.07, 6.45) is 11.1. The van der Waals surface area contributed by atoms with Gasteiger partial charge in [0.05, 0.1) is 0 Å². The van der Waals surface area contributed by atoms with E-state index in [0.717, 1.165) is 17.3 Å². The fourth-order valence-electron chi connectivity index (χ4n) is 5.98. The van der Waals surface area contributed by atoms with Crippen molar-refractivity contribution in [2.45, 2.75) is 65.2 Å². The molecular weight excluding hydrogens is 670 g/mol. The van der Waals surface area contributed by atoms with Crippen molar-refractivity contribution in [1.29, 1.82) is 0 Å². The van der Waals surface area contributed by atoms with Crippen LogP contribution in [0.1, 0.15) is 79.2 Å². The van der Waals surface area contributed by atoms with E-state index in [-0.39, 0.29) is 0 Å². The Balaban J connectivity index is 0.000000216. The quantitative estimate of drug-likeness (QED) is 0.103. The summed E-state index contributed by atoms with van der Waals surface area (Å²) in [4.78, 5) is 2.75. The Morgan fingerprint density at radius 1 is 0.640 bits per heavy atom. The van der Waals surface area contributed by atoms with E-state index in [2.05, 4.69) is 189 Å². The Morgan fingerprint density at radius 3 is 1.58 bits per heavy atom. The molecule has 0 heterocycles. The molecule has 0 N–H and O–H groups in total. The fraction of sp³-hybridized carbons (Fsp3) is 0.229. The van der Waals surface area contributed by atoms with Crippen LogP contribution in [0.15, 0.2) is 157 Å². The summed E-state index contributed by atoms with van der Waals surface area (Å²) >= 11 is 3.36. The first kappa shape index (κ1) is 39.7. The predicted molar refractivity (Wildman–Crippen MR) is 225 cm³/mol. The lowest BCUT2D eigenvalue weighted by Crippen LogP contribution is -1.94. The Hall–Kier alpha value is -4.71. The monoisotopic (exact) mass is 721 g/mol. The highest BCUT2D eigenvalue weighted by Crippen LogP contribution is 2.29. The minimum Gasteiger partial charge on any atom is -0.320 e. The lowest BCUT2D eigenvalue weighted by Gasteiger charge is -2.13. The van der Waals surface area contributed by atoms with Gasteiger partial charge in [-0.15, -0.1) is 6.58 Å². The molecule has 6 aromatic rings. The van der Waals surface area contributed by atoms with E-state index in [0.29, 0.717) is 11.8 Å². The molecule has 0 aromatic heterocycles. The molecule has 50 heavy (non-hydrogen) atoms. The van der Waals surface area contributed by atoms with Gasteiger partial charge in [-0.3, -0.25) is 0 Å². The van der Waals surface area contributed by atoms with Crippen LogP contribution in [0.25, 0.3) is 32.5 Å². The molecule has 1 nitrogen and oxygen atoms in total. The number of allylic oxidation sites excluding steroid dienone is 2. The van der Waals surface area contributed by atoms with Gasteiger partial charge in [-0.25, -0.2) is 6.57 Å². The Kier molecular flexibility index (Phi) is 17.6. The SMILES string of the molecule is C=CCC[C@H](C)c1cccc2ccccc12.Cc1cccc(/C=C/CC[C@H](C)c2cccc3ccccc23)c1.Cc1cccc(Br)c1.[C-]#[N+]C. The predicted octanol–water partition coefficient (Wildman–Crippen LogP) is 14.9. The smallest absolute Gasteiger partial charge is 0.205 e. The number of hydrogen-bond acceptors (Lipinski definition) is 0. The zero-order valence-corrected chi connectivity index (χ0v) is 32.0. The molecule has 6 aromatic carbocycles. The summed E-state index contributed by atoms with van der Waals surface area (Å²) in [5.41, 5.74) is 6.82. The molecule has 0 amide bonds. The van der Waals surface area contributed by atoms with Crippen molar-refractivity contribution >= 4 is 43.6 Å². The third kappa shape index (κ3) is 13.3. The second-order valence-corrected chi connectivity index (χ2v) is 13.6. The molecule has 2 atom stereocenters. The van der Waals surface area contributed by atoms with Gasteiger partial charge in [0.25, 0.3) is 0 Å². The maximum atomic E-state index is 5.83. The molecule has 0 aliphatic rings. The number of aryl methyl sites for hydroxylation is 2. The molecule has 0 bridgehead atoms. The Labute approximate surface area is 310 Å². The number of fused-ring (bicyclic) bond motifs is 2. The van der Waals surface area contributed by atoms with Crippen molar-refractivity contribution in [1.82, 2.24) is 0 Å². The van der Waals surface area contributed by atoms with Crippen molar-refractivity contribution in [3.05, 3.63) is 196 Å². The molecule has 0 fully saturated rings. The second kappa shape index (κ2) is 22.1. The Bertz CT molecular complexity index is 1950. The standard InChI is InChI=1S/C23H24.C16H18.C7H7Br.C2H3N/c1-18-9-7-12-20(17-18)11-4-3-10-19(2)22-16-8-14-21-13-5-6-15-23(21)22;1-3-4-8-13(2)15-12-7-10-14-9-5-6-11-16(14)15;1-6-3-2-4-7(8)5-6;1-3-2/h4-9,11-17,19H,3,10H2,1-2H3;3,5-7,9-13H,1,4,8H2,2H3;2-5H,1H3;1H3/b11-4+;;;/t19-;13-;;/m00../s1. The van der Waals surface area contributed by atoms with E-state index in [1.54, 1.807) is 0 Å². The van der Waals surface area contributed by atoms with Crippen LogP contribution in [0, 0.1) is 20.4 Å². The fourth-order valence-corrected chi connectivity index (χ4v) is 6.50. The van der Waals surface area contributed by atoms with E-state index in [9.17, 15) is 0 Å². The average molecular weight is 723 g/mol. The largest absolute Gasteiger partial charge is 0.320 e. The van der Waals surface area contributed by atoms with Crippen molar-refractivity contribution in [3.8, 4) is 0 Å². The van der Waals surface area contributed by atoms with Gasteiger partial charge < -0.3 is 4.85 Å². The van der Waals surface area contributed by atoms with Crippen LogP contribution in [0.3, 0.4) is 0 Å². The highest BCUT2D eigenvalue weighted by molar-refractivity contribution is 9.10. The molecule has 256 valence electrons. The maximum Gasteiger partial charge on any atom is 0.205 e. The zero-order valence-electron chi connectivity index (χ0n) is 30.4. The van der Waals surface area contributed by atoms with E-state index in [1.165, 1.54) is 69.3 Å². The summed E-state index contributed by atoms with van der Waals surface area (Å²) in [5.74, 6) is 1.17. The number of nitrogens with zero attached hydrogens (tertiary/aromatic N) is 1. The lowest BCUT2D eigenvalue weighted by atomic mass is 9.91.